The molecule has 1 aromatic heterocycles. The van der Waals surface area contributed by atoms with Crippen molar-refractivity contribution in [1.82, 2.24) is 14.5 Å². The summed E-state index contributed by atoms with van der Waals surface area (Å²) in [6.45, 7) is 4.43. The van der Waals surface area contributed by atoms with Crippen LogP contribution in [-0.2, 0) is 0 Å². The van der Waals surface area contributed by atoms with E-state index >= 15 is 0 Å². The largest absolute Gasteiger partial charge is 0.497 e. The van der Waals surface area contributed by atoms with Crippen LogP contribution in [0.15, 0.2) is 63.9 Å². The van der Waals surface area contributed by atoms with Gasteiger partial charge < -0.3 is 23.8 Å². The molecule has 2 heterocycles. The summed E-state index contributed by atoms with van der Waals surface area (Å²) < 4.78 is 24.0. The molecule has 1 amide bonds. The number of halogens is 1. The third-order valence-electron chi connectivity index (χ3n) is 6.68. The molecule has 4 aromatic rings. The molecule has 0 saturated heterocycles. The van der Waals surface area contributed by atoms with Gasteiger partial charge in [-0.05, 0) is 59.6 Å². The summed E-state index contributed by atoms with van der Waals surface area (Å²) >= 11 is 3.61. The zero-order chi connectivity index (χ0) is 27.7. The molecule has 3 aromatic carbocycles. The second-order valence-electron chi connectivity index (χ2n) is 9.03. The van der Waals surface area contributed by atoms with Crippen LogP contribution in [0.2, 0.25) is 0 Å². The van der Waals surface area contributed by atoms with Crippen molar-refractivity contribution in [2.75, 3.05) is 27.6 Å². The first-order valence-electron chi connectivity index (χ1n) is 12.5. The van der Waals surface area contributed by atoms with E-state index in [1.54, 1.807) is 67.7 Å². The maximum atomic E-state index is 14.0. The highest BCUT2D eigenvalue weighted by atomic mass is 79.9. The van der Waals surface area contributed by atoms with Gasteiger partial charge in [-0.15, -0.1) is 0 Å². The van der Waals surface area contributed by atoms with E-state index in [4.69, 9.17) is 23.9 Å². The molecule has 5 rings (SSSR count). The van der Waals surface area contributed by atoms with E-state index < -0.39 is 6.04 Å². The molecule has 1 aliphatic heterocycles. The minimum absolute atomic E-state index is 0.119. The van der Waals surface area contributed by atoms with E-state index in [1.807, 2.05) is 19.9 Å². The van der Waals surface area contributed by atoms with Crippen LogP contribution in [0.25, 0.3) is 16.6 Å². The van der Waals surface area contributed by atoms with Gasteiger partial charge in [-0.1, -0.05) is 19.1 Å². The number of carbonyl (C=O) groups excluding carboxylic acids is 1. The Hall–Kier alpha value is -4.05. The fraction of sp³-hybridized carbons (Fsp3) is 0.276. The van der Waals surface area contributed by atoms with Crippen molar-refractivity contribution in [2.24, 2.45) is 0 Å². The molecule has 0 saturated carbocycles. The zero-order valence-corrected chi connectivity index (χ0v) is 23.6. The molecule has 0 N–H and O–H groups in total. The first-order valence-corrected chi connectivity index (χ1v) is 13.3. The van der Waals surface area contributed by atoms with Crippen molar-refractivity contribution >= 4 is 32.7 Å². The lowest BCUT2D eigenvalue weighted by Gasteiger charge is -2.31. The lowest BCUT2D eigenvalue weighted by molar-refractivity contribution is 0.0680. The van der Waals surface area contributed by atoms with Crippen LogP contribution >= 0.6 is 15.9 Å². The molecule has 0 fully saturated rings. The van der Waals surface area contributed by atoms with Crippen LogP contribution in [0, 0.1) is 0 Å². The van der Waals surface area contributed by atoms with Gasteiger partial charge in [0, 0.05) is 24.2 Å². The van der Waals surface area contributed by atoms with Crippen molar-refractivity contribution in [3.63, 3.8) is 0 Å². The fourth-order valence-corrected chi connectivity index (χ4v) is 5.27. The zero-order valence-electron chi connectivity index (χ0n) is 22.1. The van der Waals surface area contributed by atoms with Crippen LogP contribution in [0.5, 0.6) is 23.0 Å². The van der Waals surface area contributed by atoms with Gasteiger partial charge in [0.1, 0.15) is 17.3 Å². The van der Waals surface area contributed by atoms with Crippen molar-refractivity contribution < 1.29 is 23.7 Å². The molecule has 39 heavy (non-hydrogen) atoms. The lowest BCUT2D eigenvalue weighted by atomic mass is 10.1. The van der Waals surface area contributed by atoms with Crippen molar-refractivity contribution in [3.8, 4) is 28.7 Å². The van der Waals surface area contributed by atoms with Gasteiger partial charge in [0.2, 0.25) is 6.79 Å². The topological polar surface area (TPSA) is 92.1 Å². The highest BCUT2D eigenvalue weighted by Gasteiger charge is 2.29. The summed E-state index contributed by atoms with van der Waals surface area (Å²) in [5.74, 6) is 2.31. The van der Waals surface area contributed by atoms with E-state index in [1.165, 1.54) is 4.57 Å². The number of amides is 1. The number of hydrogen-bond acceptors (Lipinski definition) is 7. The molecule has 202 valence electrons. The number of hydrogen-bond donors (Lipinski definition) is 0. The second kappa shape index (κ2) is 11.0. The molecule has 0 aliphatic carbocycles. The van der Waals surface area contributed by atoms with Gasteiger partial charge in [-0.25, -0.2) is 4.98 Å². The minimum Gasteiger partial charge on any atom is -0.497 e. The predicted octanol–water partition coefficient (Wildman–Crippen LogP) is 5.51. The summed E-state index contributed by atoms with van der Waals surface area (Å²) in [7, 11) is 3.09. The first-order chi connectivity index (χ1) is 18.9. The van der Waals surface area contributed by atoms with Gasteiger partial charge in [0.05, 0.1) is 41.3 Å². The van der Waals surface area contributed by atoms with E-state index in [0.717, 1.165) is 0 Å². The Morgan fingerprint density at radius 1 is 1.10 bits per heavy atom. The van der Waals surface area contributed by atoms with Crippen molar-refractivity contribution in [2.45, 2.75) is 26.3 Å². The molecule has 0 bridgehead atoms. The quantitative estimate of drug-likeness (QED) is 0.266. The van der Waals surface area contributed by atoms with Gasteiger partial charge in [0.15, 0.2) is 11.5 Å². The number of aromatic nitrogens is 2. The van der Waals surface area contributed by atoms with Gasteiger partial charge >= 0.3 is 0 Å². The van der Waals surface area contributed by atoms with E-state index in [0.29, 0.717) is 68.4 Å². The molecular weight excluding hydrogens is 566 g/mol. The number of rotatable bonds is 8. The average Bonchev–Trinajstić information content (AvgIpc) is 3.44. The maximum Gasteiger partial charge on any atom is 0.266 e. The summed E-state index contributed by atoms with van der Waals surface area (Å²) in [6.07, 6.45) is 0.703. The molecule has 1 aliphatic rings. The lowest BCUT2D eigenvalue weighted by Crippen LogP contribution is -2.38. The Labute approximate surface area is 234 Å². The SMILES string of the molecule is CCCN(C(=O)c1ccc2c(c1)OCO2)C(C)c1nc2ccccc2c(=O)n1-c1cc(OC)cc(OC)c1Br. The number of benzene rings is 3. The van der Waals surface area contributed by atoms with Crippen LogP contribution in [-0.4, -0.2) is 47.9 Å². The Morgan fingerprint density at radius 3 is 2.62 bits per heavy atom. The summed E-state index contributed by atoms with van der Waals surface area (Å²) in [4.78, 5) is 34.6. The molecule has 0 spiro atoms. The molecule has 0 radical (unpaired) electrons. The first kappa shape index (κ1) is 26.6. The number of carbonyl (C=O) groups is 1. The van der Waals surface area contributed by atoms with Crippen molar-refractivity contribution in [3.05, 3.63) is 80.8 Å². The third-order valence-corrected chi connectivity index (χ3v) is 7.47. The molecule has 1 atom stereocenters. The molecule has 9 nitrogen and oxygen atoms in total. The van der Waals surface area contributed by atoms with Crippen LogP contribution in [0.3, 0.4) is 0 Å². The van der Waals surface area contributed by atoms with Crippen LogP contribution in [0.1, 0.15) is 42.5 Å². The van der Waals surface area contributed by atoms with E-state index in [-0.39, 0.29) is 18.3 Å². The van der Waals surface area contributed by atoms with E-state index in [9.17, 15) is 9.59 Å². The third kappa shape index (κ3) is 4.80. The standard InChI is InChI=1S/C29H28BrN3O6/c1-5-12-32(28(34)18-10-11-23-24(13-18)39-16-38-23)17(2)27-31-21-9-7-6-8-20(21)29(35)33(27)22-14-19(36-3)15-25(37-4)26(22)30/h6-11,13-15,17H,5,12,16H2,1-4H3. The Morgan fingerprint density at radius 2 is 1.87 bits per heavy atom. The molecule has 10 heteroatoms. The van der Waals surface area contributed by atoms with E-state index in [2.05, 4.69) is 15.9 Å². The molecule has 1 unspecified atom stereocenters. The highest BCUT2D eigenvalue weighted by molar-refractivity contribution is 9.10. The number of nitrogens with zero attached hydrogens (tertiary/aromatic N) is 3. The van der Waals surface area contributed by atoms with Crippen LogP contribution in [0.4, 0.5) is 0 Å². The Kier molecular flexibility index (Phi) is 7.47. The van der Waals surface area contributed by atoms with Gasteiger partial charge in [-0.2, -0.15) is 0 Å². The second-order valence-corrected chi connectivity index (χ2v) is 9.83. The summed E-state index contributed by atoms with van der Waals surface area (Å²) in [5.41, 5.74) is 1.21. The van der Waals surface area contributed by atoms with Gasteiger partial charge in [0.25, 0.3) is 11.5 Å². The fourth-order valence-electron chi connectivity index (χ4n) is 4.70. The normalized spacial score (nSPS) is 12.8. The number of para-hydroxylation sites is 1. The maximum absolute atomic E-state index is 14.0. The Bertz CT molecular complexity index is 1620. The highest BCUT2D eigenvalue weighted by Crippen LogP contribution is 2.37. The monoisotopic (exact) mass is 593 g/mol. The predicted molar refractivity (Wildman–Crippen MR) is 150 cm³/mol. The minimum atomic E-state index is -0.579. The van der Waals surface area contributed by atoms with Gasteiger partial charge in [-0.3, -0.25) is 14.2 Å². The Balaban J connectivity index is 1.71. The number of fused-ring (bicyclic) bond motifs is 2. The van der Waals surface area contributed by atoms with Crippen LogP contribution < -0.4 is 24.5 Å². The summed E-state index contributed by atoms with van der Waals surface area (Å²) in [5, 5.41) is 0.450. The average molecular weight is 594 g/mol. The number of ether oxygens (including phenoxy) is 4. The summed E-state index contributed by atoms with van der Waals surface area (Å²) in [6, 6.07) is 15.2. The molecular formula is C29H28BrN3O6. The van der Waals surface area contributed by atoms with Crippen molar-refractivity contribution in [1.29, 1.82) is 0 Å². The smallest absolute Gasteiger partial charge is 0.266 e. The number of methoxy groups -OCH3 is 2.